The largest absolute Gasteiger partial charge is 0.466 e. The summed E-state index contributed by atoms with van der Waals surface area (Å²) in [4.78, 5) is 39.1. The molecule has 0 bridgehead atoms. The average Bonchev–Trinajstić information content (AvgIpc) is 3.34. The summed E-state index contributed by atoms with van der Waals surface area (Å²) in [6.45, 7) is 2.62. The fraction of sp³-hybridized carbons (Fsp3) is 0.308. The van der Waals surface area contributed by atoms with Crippen LogP contribution in [0.1, 0.15) is 30.1 Å². The number of ether oxygens (including phenoxy) is 2. The van der Waals surface area contributed by atoms with E-state index in [-0.39, 0.29) is 30.0 Å². The molecule has 0 atom stereocenters. The van der Waals surface area contributed by atoms with Crippen LogP contribution in [0.5, 0.6) is 0 Å². The highest BCUT2D eigenvalue weighted by atomic mass is 16.5. The van der Waals surface area contributed by atoms with Gasteiger partial charge in [0.15, 0.2) is 6.61 Å². The zero-order valence-corrected chi connectivity index (χ0v) is 19.1. The Kier molecular flexibility index (Phi) is 7.37. The smallest absolute Gasteiger partial charge is 0.342 e. The number of para-hydroxylation sites is 1. The second kappa shape index (κ2) is 10.8. The molecule has 1 amide bonds. The Morgan fingerprint density at radius 2 is 1.59 bits per heavy atom. The normalized spacial score (nSPS) is 14.0. The van der Waals surface area contributed by atoms with E-state index in [2.05, 4.69) is 5.10 Å². The summed E-state index contributed by atoms with van der Waals surface area (Å²) >= 11 is 0. The highest BCUT2D eigenvalue weighted by Gasteiger charge is 2.29. The molecular weight excluding hydrogens is 434 g/mol. The van der Waals surface area contributed by atoms with E-state index in [1.807, 2.05) is 60.7 Å². The molecule has 1 saturated heterocycles. The van der Waals surface area contributed by atoms with E-state index in [0.717, 1.165) is 11.3 Å². The van der Waals surface area contributed by atoms with Crippen molar-refractivity contribution in [2.45, 2.75) is 19.8 Å². The number of rotatable bonds is 7. The number of likely N-dealkylation sites (tertiary alicyclic amines) is 1. The van der Waals surface area contributed by atoms with Gasteiger partial charge in [0.1, 0.15) is 11.3 Å². The number of aromatic nitrogens is 2. The molecule has 4 rings (SSSR count). The quantitative estimate of drug-likeness (QED) is 0.500. The van der Waals surface area contributed by atoms with Crippen LogP contribution in [-0.4, -0.2) is 58.8 Å². The summed E-state index contributed by atoms with van der Waals surface area (Å²) < 4.78 is 12.1. The number of nitrogens with zero attached hydrogens (tertiary/aromatic N) is 3. The maximum absolute atomic E-state index is 13.0. The van der Waals surface area contributed by atoms with Gasteiger partial charge in [-0.2, -0.15) is 5.10 Å². The van der Waals surface area contributed by atoms with Crippen LogP contribution in [0.15, 0.2) is 66.9 Å². The van der Waals surface area contributed by atoms with E-state index in [1.165, 1.54) is 0 Å². The summed E-state index contributed by atoms with van der Waals surface area (Å²) in [5.41, 5.74) is 2.34. The Labute approximate surface area is 198 Å². The van der Waals surface area contributed by atoms with E-state index in [4.69, 9.17) is 9.47 Å². The van der Waals surface area contributed by atoms with Gasteiger partial charge in [-0.1, -0.05) is 48.5 Å². The van der Waals surface area contributed by atoms with Crippen LogP contribution in [0.2, 0.25) is 0 Å². The monoisotopic (exact) mass is 461 g/mol. The number of piperidine rings is 1. The third kappa shape index (κ3) is 5.33. The van der Waals surface area contributed by atoms with E-state index in [0.29, 0.717) is 38.2 Å². The number of amides is 1. The Morgan fingerprint density at radius 3 is 2.24 bits per heavy atom. The second-order valence-electron chi connectivity index (χ2n) is 8.02. The summed E-state index contributed by atoms with van der Waals surface area (Å²) in [5, 5.41) is 4.61. The molecule has 3 aromatic rings. The van der Waals surface area contributed by atoms with Crippen LogP contribution >= 0.6 is 0 Å². The SMILES string of the molecule is CCOC(=O)C1CCN(C(=O)COC(=O)c2cn(-c3ccccc3)nc2-c2ccccc2)CC1. The van der Waals surface area contributed by atoms with Gasteiger partial charge >= 0.3 is 11.9 Å². The van der Waals surface area contributed by atoms with Crippen molar-refractivity contribution in [3.8, 4) is 16.9 Å². The maximum Gasteiger partial charge on any atom is 0.342 e. The molecule has 1 aromatic heterocycles. The molecule has 0 aliphatic carbocycles. The van der Waals surface area contributed by atoms with Crippen LogP contribution in [-0.2, 0) is 19.1 Å². The number of hydrogen-bond acceptors (Lipinski definition) is 6. The molecule has 34 heavy (non-hydrogen) atoms. The molecule has 2 aromatic carbocycles. The van der Waals surface area contributed by atoms with Crippen molar-refractivity contribution >= 4 is 17.8 Å². The lowest BCUT2D eigenvalue weighted by atomic mass is 9.97. The Balaban J connectivity index is 1.43. The van der Waals surface area contributed by atoms with Crippen molar-refractivity contribution < 1.29 is 23.9 Å². The molecule has 1 aliphatic rings. The zero-order chi connectivity index (χ0) is 23.9. The number of carbonyl (C=O) groups excluding carboxylic acids is 3. The third-order valence-corrected chi connectivity index (χ3v) is 5.80. The van der Waals surface area contributed by atoms with Crippen LogP contribution in [0, 0.1) is 5.92 Å². The van der Waals surface area contributed by atoms with Crippen molar-refractivity contribution in [2.75, 3.05) is 26.3 Å². The first-order chi connectivity index (χ1) is 16.6. The lowest BCUT2D eigenvalue weighted by molar-refractivity contribution is -0.151. The number of carbonyl (C=O) groups is 3. The van der Waals surface area contributed by atoms with Crippen molar-refractivity contribution in [3.05, 3.63) is 72.4 Å². The molecule has 8 nitrogen and oxygen atoms in total. The van der Waals surface area contributed by atoms with Gasteiger partial charge in [0, 0.05) is 24.8 Å². The Morgan fingerprint density at radius 1 is 0.941 bits per heavy atom. The summed E-state index contributed by atoms with van der Waals surface area (Å²) in [6, 6.07) is 18.8. The van der Waals surface area contributed by atoms with Crippen molar-refractivity contribution in [2.24, 2.45) is 5.92 Å². The molecule has 0 unspecified atom stereocenters. The van der Waals surface area contributed by atoms with Gasteiger partial charge in [0.25, 0.3) is 5.91 Å². The van der Waals surface area contributed by atoms with Crippen molar-refractivity contribution in [1.29, 1.82) is 0 Å². The highest BCUT2D eigenvalue weighted by molar-refractivity contribution is 5.97. The first-order valence-corrected chi connectivity index (χ1v) is 11.4. The molecule has 1 aliphatic heterocycles. The molecule has 0 spiro atoms. The van der Waals surface area contributed by atoms with Gasteiger partial charge in [-0.15, -0.1) is 0 Å². The van der Waals surface area contributed by atoms with E-state index in [9.17, 15) is 14.4 Å². The molecule has 0 N–H and O–H groups in total. The first kappa shape index (κ1) is 23.2. The van der Waals surface area contributed by atoms with E-state index >= 15 is 0 Å². The predicted octanol–water partition coefficient (Wildman–Crippen LogP) is 3.50. The topological polar surface area (TPSA) is 90.7 Å². The molecule has 2 heterocycles. The standard InChI is InChI=1S/C26H27N3O5/c1-2-33-25(31)20-13-15-28(16-14-20)23(30)18-34-26(32)22-17-29(21-11-7-4-8-12-21)27-24(22)19-9-5-3-6-10-19/h3-12,17,20H,2,13-16,18H2,1H3. The number of hydrogen-bond donors (Lipinski definition) is 0. The number of esters is 2. The minimum atomic E-state index is -0.615. The van der Waals surface area contributed by atoms with Crippen molar-refractivity contribution in [1.82, 2.24) is 14.7 Å². The lowest BCUT2D eigenvalue weighted by Gasteiger charge is -2.30. The van der Waals surface area contributed by atoms with Gasteiger partial charge in [0.2, 0.25) is 0 Å². The average molecular weight is 462 g/mol. The maximum atomic E-state index is 13.0. The summed E-state index contributed by atoms with van der Waals surface area (Å²) in [6.07, 6.45) is 2.70. The molecule has 0 saturated carbocycles. The van der Waals surface area contributed by atoms with Gasteiger partial charge in [-0.05, 0) is 31.9 Å². The van der Waals surface area contributed by atoms with Crippen LogP contribution in [0.4, 0.5) is 0 Å². The Bertz CT molecular complexity index is 1140. The minimum Gasteiger partial charge on any atom is -0.466 e. The first-order valence-electron chi connectivity index (χ1n) is 11.4. The molecule has 176 valence electrons. The van der Waals surface area contributed by atoms with Gasteiger partial charge in [0.05, 0.1) is 18.2 Å². The summed E-state index contributed by atoms with van der Waals surface area (Å²) in [5.74, 6) is -1.31. The third-order valence-electron chi connectivity index (χ3n) is 5.80. The predicted molar refractivity (Wildman–Crippen MR) is 125 cm³/mol. The minimum absolute atomic E-state index is 0.191. The van der Waals surface area contributed by atoms with E-state index < -0.39 is 5.97 Å². The zero-order valence-electron chi connectivity index (χ0n) is 19.1. The molecule has 0 radical (unpaired) electrons. The lowest BCUT2D eigenvalue weighted by Crippen LogP contribution is -2.42. The highest BCUT2D eigenvalue weighted by Crippen LogP contribution is 2.25. The second-order valence-corrected chi connectivity index (χ2v) is 8.02. The van der Waals surface area contributed by atoms with Gasteiger partial charge in [-0.25, -0.2) is 9.48 Å². The molecule has 8 heteroatoms. The van der Waals surface area contributed by atoms with Crippen LogP contribution in [0.25, 0.3) is 16.9 Å². The van der Waals surface area contributed by atoms with Crippen molar-refractivity contribution in [3.63, 3.8) is 0 Å². The van der Waals surface area contributed by atoms with Crippen LogP contribution < -0.4 is 0 Å². The van der Waals surface area contributed by atoms with Crippen LogP contribution in [0.3, 0.4) is 0 Å². The molecule has 1 fully saturated rings. The van der Waals surface area contributed by atoms with Gasteiger partial charge < -0.3 is 14.4 Å². The fourth-order valence-corrected chi connectivity index (χ4v) is 3.97. The van der Waals surface area contributed by atoms with E-state index in [1.54, 1.807) is 22.7 Å². The van der Waals surface area contributed by atoms with Gasteiger partial charge in [-0.3, -0.25) is 9.59 Å². The summed E-state index contributed by atoms with van der Waals surface area (Å²) in [7, 11) is 0. The Hall–Kier alpha value is -3.94. The number of benzene rings is 2. The molecular formula is C26H27N3O5. The fourth-order valence-electron chi connectivity index (χ4n) is 3.97.